The SMILES string of the molecule is CCCC1SCC(C(=O)O)N1C(=O)NC(COC)C(C)C. The number of hydrogen-bond acceptors (Lipinski definition) is 4. The van der Waals surface area contributed by atoms with Gasteiger partial charge in [-0.05, 0) is 12.3 Å². The van der Waals surface area contributed by atoms with Gasteiger partial charge in [-0.25, -0.2) is 9.59 Å². The van der Waals surface area contributed by atoms with Gasteiger partial charge < -0.3 is 15.2 Å². The van der Waals surface area contributed by atoms with Crippen molar-refractivity contribution in [3.05, 3.63) is 0 Å². The van der Waals surface area contributed by atoms with Crippen molar-refractivity contribution >= 4 is 23.8 Å². The first kappa shape index (κ1) is 18.1. The van der Waals surface area contributed by atoms with Gasteiger partial charge in [0.2, 0.25) is 0 Å². The number of urea groups is 1. The Morgan fingerprint density at radius 1 is 1.48 bits per heavy atom. The summed E-state index contributed by atoms with van der Waals surface area (Å²) in [5.41, 5.74) is 0. The highest BCUT2D eigenvalue weighted by Gasteiger charge is 2.41. The van der Waals surface area contributed by atoms with Gasteiger partial charge in [-0.2, -0.15) is 0 Å². The van der Waals surface area contributed by atoms with E-state index in [1.54, 1.807) is 18.9 Å². The third-order valence-electron chi connectivity index (χ3n) is 3.61. The first-order valence-corrected chi connectivity index (χ1v) is 8.39. The normalized spacial score (nSPS) is 23.4. The van der Waals surface area contributed by atoms with Gasteiger partial charge in [0.25, 0.3) is 0 Å². The molecule has 1 fully saturated rings. The number of hydrogen-bond donors (Lipinski definition) is 2. The number of thioether (sulfide) groups is 1. The maximum absolute atomic E-state index is 12.5. The van der Waals surface area contributed by atoms with Crippen LogP contribution in [0.5, 0.6) is 0 Å². The summed E-state index contributed by atoms with van der Waals surface area (Å²) in [5, 5.41) is 12.2. The van der Waals surface area contributed by atoms with Crippen LogP contribution in [-0.2, 0) is 9.53 Å². The Morgan fingerprint density at radius 2 is 2.14 bits per heavy atom. The molecule has 122 valence electrons. The number of ether oxygens (including phenoxy) is 1. The molecular formula is C14H26N2O4S. The van der Waals surface area contributed by atoms with Gasteiger partial charge in [0, 0.05) is 12.9 Å². The van der Waals surface area contributed by atoms with E-state index >= 15 is 0 Å². The molecule has 3 atom stereocenters. The fourth-order valence-corrected chi connectivity index (χ4v) is 3.82. The molecule has 3 unspecified atom stereocenters. The summed E-state index contributed by atoms with van der Waals surface area (Å²) in [6.45, 7) is 6.45. The van der Waals surface area contributed by atoms with Crippen LogP contribution >= 0.6 is 11.8 Å². The summed E-state index contributed by atoms with van der Waals surface area (Å²) in [4.78, 5) is 25.4. The van der Waals surface area contributed by atoms with Crippen molar-refractivity contribution in [3.63, 3.8) is 0 Å². The average Bonchev–Trinajstić information content (AvgIpc) is 2.82. The zero-order valence-electron chi connectivity index (χ0n) is 13.2. The van der Waals surface area contributed by atoms with Gasteiger partial charge in [0.05, 0.1) is 18.0 Å². The number of aliphatic carboxylic acids is 1. The number of carboxylic acids is 1. The topological polar surface area (TPSA) is 78.9 Å². The van der Waals surface area contributed by atoms with E-state index in [1.165, 1.54) is 4.90 Å². The molecule has 2 amide bonds. The Balaban J connectivity index is 2.80. The lowest BCUT2D eigenvalue weighted by molar-refractivity contribution is -0.141. The van der Waals surface area contributed by atoms with E-state index in [9.17, 15) is 14.7 Å². The van der Waals surface area contributed by atoms with Crippen LogP contribution < -0.4 is 5.32 Å². The summed E-state index contributed by atoms with van der Waals surface area (Å²) < 4.78 is 5.12. The van der Waals surface area contributed by atoms with E-state index in [-0.39, 0.29) is 23.4 Å². The highest BCUT2D eigenvalue weighted by molar-refractivity contribution is 8.00. The third kappa shape index (κ3) is 4.78. The predicted molar refractivity (Wildman–Crippen MR) is 83.5 cm³/mol. The average molecular weight is 318 g/mol. The minimum Gasteiger partial charge on any atom is -0.480 e. The minimum absolute atomic E-state index is 0.0635. The molecule has 0 aromatic heterocycles. The van der Waals surface area contributed by atoms with Crippen molar-refractivity contribution in [3.8, 4) is 0 Å². The van der Waals surface area contributed by atoms with Crippen molar-refractivity contribution in [2.45, 2.75) is 51.1 Å². The second kappa shape index (κ2) is 8.48. The summed E-state index contributed by atoms with van der Waals surface area (Å²) in [5.74, 6) is -0.273. The highest BCUT2D eigenvalue weighted by atomic mass is 32.2. The Kier molecular flexibility index (Phi) is 7.31. The van der Waals surface area contributed by atoms with Gasteiger partial charge in [0.1, 0.15) is 6.04 Å². The number of rotatable bonds is 7. The van der Waals surface area contributed by atoms with Crippen LogP contribution in [0.3, 0.4) is 0 Å². The number of nitrogens with zero attached hydrogens (tertiary/aromatic N) is 1. The van der Waals surface area contributed by atoms with Crippen molar-refractivity contribution in [1.82, 2.24) is 10.2 Å². The van der Waals surface area contributed by atoms with Crippen molar-refractivity contribution in [1.29, 1.82) is 0 Å². The van der Waals surface area contributed by atoms with E-state index in [4.69, 9.17) is 4.74 Å². The summed E-state index contributed by atoms with van der Waals surface area (Å²) in [7, 11) is 1.59. The minimum atomic E-state index is -0.941. The molecule has 0 aromatic carbocycles. The van der Waals surface area contributed by atoms with Crippen molar-refractivity contribution in [2.75, 3.05) is 19.5 Å². The molecule has 2 N–H and O–H groups in total. The quantitative estimate of drug-likeness (QED) is 0.750. The predicted octanol–water partition coefficient (Wildman–Crippen LogP) is 2.00. The van der Waals surface area contributed by atoms with Gasteiger partial charge in [-0.15, -0.1) is 11.8 Å². The second-order valence-corrected chi connectivity index (χ2v) is 6.80. The van der Waals surface area contributed by atoms with Crippen LogP contribution in [0.15, 0.2) is 0 Å². The molecule has 1 aliphatic heterocycles. The number of carboxylic acid groups (broad SMARTS) is 1. The fourth-order valence-electron chi connectivity index (χ4n) is 2.31. The Bertz CT molecular complexity index is 365. The number of amides is 2. The molecule has 1 rings (SSSR count). The number of carbonyl (C=O) groups is 2. The molecule has 0 radical (unpaired) electrons. The molecule has 6 nitrogen and oxygen atoms in total. The van der Waals surface area contributed by atoms with Crippen LogP contribution in [0, 0.1) is 5.92 Å². The van der Waals surface area contributed by atoms with E-state index in [0.29, 0.717) is 12.4 Å². The van der Waals surface area contributed by atoms with E-state index in [1.807, 2.05) is 20.8 Å². The molecule has 0 bridgehead atoms. The Labute approximate surface area is 130 Å². The lowest BCUT2D eigenvalue weighted by atomic mass is 10.1. The van der Waals surface area contributed by atoms with Gasteiger partial charge in [-0.1, -0.05) is 27.2 Å². The van der Waals surface area contributed by atoms with Crippen molar-refractivity contribution < 1.29 is 19.4 Å². The van der Waals surface area contributed by atoms with Crippen LogP contribution in [0.25, 0.3) is 0 Å². The maximum Gasteiger partial charge on any atom is 0.327 e. The van der Waals surface area contributed by atoms with Gasteiger partial charge >= 0.3 is 12.0 Å². The standard InChI is InChI=1S/C14H26N2O4S/c1-5-6-12-16(11(8-21-12)13(17)18)14(19)15-10(7-20-4)9(2)3/h9-12H,5-8H2,1-4H3,(H,15,19)(H,17,18). The first-order chi connectivity index (χ1) is 9.92. The second-order valence-electron chi connectivity index (χ2n) is 5.59. The Hall–Kier alpha value is -0.950. The molecule has 0 saturated carbocycles. The largest absolute Gasteiger partial charge is 0.480 e. The zero-order valence-corrected chi connectivity index (χ0v) is 14.0. The number of nitrogens with one attached hydrogen (secondary N) is 1. The molecular weight excluding hydrogens is 292 g/mol. The van der Waals surface area contributed by atoms with Crippen LogP contribution in [0.1, 0.15) is 33.6 Å². The summed E-state index contributed by atoms with van der Waals surface area (Å²) in [6.07, 6.45) is 1.72. The van der Waals surface area contributed by atoms with Gasteiger partial charge in [0.15, 0.2) is 0 Å². The van der Waals surface area contributed by atoms with Crippen LogP contribution in [-0.4, -0.2) is 58.9 Å². The molecule has 0 aromatic rings. The summed E-state index contributed by atoms with van der Waals surface area (Å²) >= 11 is 1.54. The third-order valence-corrected chi connectivity index (χ3v) is 4.96. The molecule has 21 heavy (non-hydrogen) atoms. The Morgan fingerprint density at radius 3 is 2.62 bits per heavy atom. The fraction of sp³-hybridized carbons (Fsp3) is 0.857. The highest BCUT2D eigenvalue weighted by Crippen LogP contribution is 2.32. The van der Waals surface area contributed by atoms with E-state index in [0.717, 1.165) is 12.8 Å². The molecule has 1 saturated heterocycles. The molecule has 0 spiro atoms. The lowest BCUT2D eigenvalue weighted by Gasteiger charge is -2.30. The lowest BCUT2D eigenvalue weighted by Crippen LogP contribution is -2.54. The van der Waals surface area contributed by atoms with E-state index < -0.39 is 12.0 Å². The number of methoxy groups -OCH3 is 1. The van der Waals surface area contributed by atoms with Gasteiger partial charge in [-0.3, -0.25) is 4.90 Å². The molecule has 7 heteroatoms. The van der Waals surface area contributed by atoms with E-state index in [2.05, 4.69) is 5.32 Å². The molecule has 1 heterocycles. The molecule has 1 aliphatic rings. The smallest absolute Gasteiger partial charge is 0.327 e. The summed E-state index contributed by atoms with van der Waals surface area (Å²) in [6, 6.07) is -1.17. The molecule has 0 aliphatic carbocycles. The van der Waals surface area contributed by atoms with Crippen molar-refractivity contribution in [2.24, 2.45) is 5.92 Å². The zero-order chi connectivity index (χ0) is 16.0. The van der Waals surface area contributed by atoms with Crippen LogP contribution in [0.4, 0.5) is 4.79 Å². The first-order valence-electron chi connectivity index (χ1n) is 7.34. The maximum atomic E-state index is 12.5. The van der Waals surface area contributed by atoms with Crippen LogP contribution in [0.2, 0.25) is 0 Å². The monoisotopic (exact) mass is 318 g/mol. The number of carbonyl (C=O) groups excluding carboxylic acids is 1.